The number of anilines is 2. The Morgan fingerprint density at radius 1 is 1.28 bits per heavy atom. The van der Waals surface area contributed by atoms with Gasteiger partial charge in [0, 0.05) is 54.6 Å². The fourth-order valence-electron chi connectivity index (χ4n) is 2.45. The van der Waals surface area contributed by atoms with Crippen molar-refractivity contribution in [2.24, 2.45) is 0 Å². The second kappa shape index (κ2) is 9.96. The van der Waals surface area contributed by atoms with E-state index in [2.05, 4.69) is 48.3 Å². The van der Waals surface area contributed by atoms with Crippen molar-refractivity contribution in [2.45, 2.75) is 12.3 Å². The van der Waals surface area contributed by atoms with Gasteiger partial charge in [0.2, 0.25) is 0 Å². The first-order chi connectivity index (χ1) is 12.2. The van der Waals surface area contributed by atoms with Crippen LogP contribution in [0.3, 0.4) is 0 Å². The molecular formula is C15H24N6S4. The summed E-state index contributed by atoms with van der Waals surface area (Å²) in [6.07, 6.45) is 0. The summed E-state index contributed by atoms with van der Waals surface area (Å²) in [6, 6.07) is 0. The number of thioether (sulfide) groups is 2. The number of nitrogens with one attached hydrogen (secondary N) is 1. The Morgan fingerprint density at radius 3 is 2.92 bits per heavy atom. The Balaban J connectivity index is 1.37. The van der Waals surface area contributed by atoms with Crippen molar-refractivity contribution in [2.75, 3.05) is 61.2 Å². The van der Waals surface area contributed by atoms with Gasteiger partial charge in [0.15, 0.2) is 11.6 Å². The van der Waals surface area contributed by atoms with Crippen LogP contribution in [0.5, 0.6) is 0 Å². The van der Waals surface area contributed by atoms with Crippen LogP contribution in [0.15, 0.2) is 5.38 Å². The van der Waals surface area contributed by atoms with Gasteiger partial charge in [-0.3, -0.25) is 0 Å². The van der Waals surface area contributed by atoms with Crippen molar-refractivity contribution >= 4 is 58.2 Å². The first-order valence-electron chi connectivity index (χ1n) is 8.27. The quantitative estimate of drug-likeness (QED) is 0.626. The maximum atomic E-state index is 4.68. The number of nitrogens with zero attached hydrogens (tertiary/aromatic N) is 5. The fraction of sp³-hybridized carbons (Fsp3) is 0.667. The Kier molecular flexibility index (Phi) is 7.66. The van der Waals surface area contributed by atoms with E-state index >= 15 is 0 Å². The number of hydrogen-bond donors (Lipinski definition) is 1. The molecule has 3 heterocycles. The maximum absolute atomic E-state index is 4.68. The van der Waals surface area contributed by atoms with Crippen LogP contribution in [0.25, 0.3) is 0 Å². The molecule has 0 bridgehead atoms. The van der Waals surface area contributed by atoms with E-state index in [4.69, 9.17) is 0 Å². The van der Waals surface area contributed by atoms with E-state index in [9.17, 15) is 0 Å². The highest BCUT2D eigenvalue weighted by Gasteiger charge is 2.18. The van der Waals surface area contributed by atoms with E-state index in [0.29, 0.717) is 0 Å². The van der Waals surface area contributed by atoms with Crippen molar-refractivity contribution in [3.05, 3.63) is 16.1 Å². The predicted molar refractivity (Wildman–Crippen MR) is 114 cm³/mol. The lowest BCUT2D eigenvalue weighted by Crippen LogP contribution is -2.33. The van der Waals surface area contributed by atoms with E-state index in [0.717, 1.165) is 49.3 Å². The van der Waals surface area contributed by atoms with Gasteiger partial charge in [-0.1, -0.05) is 0 Å². The number of rotatable bonds is 9. The zero-order valence-electron chi connectivity index (χ0n) is 14.6. The van der Waals surface area contributed by atoms with Crippen molar-refractivity contribution in [3.8, 4) is 0 Å². The highest BCUT2D eigenvalue weighted by atomic mass is 32.2. The normalized spacial score (nSPS) is 15.1. The maximum Gasteiger partial charge on any atom is 0.187 e. The van der Waals surface area contributed by atoms with Gasteiger partial charge in [0.1, 0.15) is 5.01 Å². The molecular weight excluding hydrogens is 392 g/mol. The van der Waals surface area contributed by atoms with Crippen LogP contribution >= 0.6 is 46.6 Å². The summed E-state index contributed by atoms with van der Waals surface area (Å²) in [7, 11) is 4.15. The Bertz CT molecular complexity index is 638. The third kappa shape index (κ3) is 5.99. The van der Waals surface area contributed by atoms with Gasteiger partial charge >= 0.3 is 0 Å². The Hall–Kier alpha value is -0.550. The number of thiazole rings is 1. The second-order valence-corrected chi connectivity index (χ2v) is 9.79. The summed E-state index contributed by atoms with van der Waals surface area (Å²) in [5, 5.41) is 6.82. The molecule has 2 aromatic rings. The van der Waals surface area contributed by atoms with E-state index < -0.39 is 0 Å². The van der Waals surface area contributed by atoms with Gasteiger partial charge in [0.05, 0.1) is 17.4 Å². The average molecular weight is 417 g/mol. The van der Waals surface area contributed by atoms with Crippen LogP contribution in [0, 0.1) is 0 Å². The first-order valence-corrected chi connectivity index (χ1v) is 12.2. The van der Waals surface area contributed by atoms with E-state index in [1.807, 2.05) is 23.5 Å². The molecule has 3 rings (SSSR count). The SMILES string of the molecule is CN(C)Cc1nc(CSCCNc2nsnc2N2CCSCC2)cs1. The van der Waals surface area contributed by atoms with Crippen molar-refractivity contribution in [1.29, 1.82) is 0 Å². The molecule has 0 aliphatic carbocycles. The summed E-state index contributed by atoms with van der Waals surface area (Å²) >= 11 is 6.97. The molecule has 2 aromatic heterocycles. The molecule has 1 aliphatic rings. The third-order valence-corrected chi connectivity index (χ3v) is 6.96. The lowest BCUT2D eigenvalue weighted by Gasteiger charge is -2.26. The van der Waals surface area contributed by atoms with Crippen LogP contribution in [-0.2, 0) is 12.3 Å². The molecule has 10 heteroatoms. The summed E-state index contributed by atoms with van der Waals surface area (Å²) in [6.45, 7) is 3.96. The first kappa shape index (κ1) is 19.2. The second-order valence-electron chi connectivity index (χ2n) is 5.99. The minimum Gasteiger partial charge on any atom is -0.365 e. The van der Waals surface area contributed by atoms with Crippen LogP contribution in [-0.4, -0.2) is 69.6 Å². The Labute approximate surface area is 166 Å². The molecule has 0 aromatic carbocycles. The van der Waals surface area contributed by atoms with Crippen molar-refractivity contribution in [1.82, 2.24) is 18.6 Å². The van der Waals surface area contributed by atoms with Gasteiger partial charge in [-0.05, 0) is 14.1 Å². The molecule has 6 nitrogen and oxygen atoms in total. The van der Waals surface area contributed by atoms with Gasteiger partial charge in [-0.25, -0.2) is 4.98 Å². The Morgan fingerprint density at radius 2 is 2.12 bits per heavy atom. The van der Waals surface area contributed by atoms with Crippen LogP contribution in [0.2, 0.25) is 0 Å². The molecule has 1 saturated heterocycles. The van der Waals surface area contributed by atoms with Crippen molar-refractivity contribution in [3.63, 3.8) is 0 Å². The molecule has 138 valence electrons. The minimum absolute atomic E-state index is 0.903. The molecule has 0 saturated carbocycles. The van der Waals surface area contributed by atoms with Crippen molar-refractivity contribution < 1.29 is 0 Å². The standard InChI is InChI=1S/C15H24N6S4/c1-20(2)9-13-17-12(11-24-13)10-23-6-3-16-14-15(19-25-18-14)21-4-7-22-8-5-21/h11H,3-10H2,1-2H3,(H,16,18). The fourth-order valence-corrected chi connectivity index (χ4v) is 5.67. The number of aromatic nitrogens is 3. The highest BCUT2D eigenvalue weighted by Crippen LogP contribution is 2.26. The summed E-state index contributed by atoms with van der Waals surface area (Å²) < 4.78 is 8.90. The number of hydrogen-bond acceptors (Lipinski definition) is 10. The molecule has 0 amide bonds. The van der Waals surface area contributed by atoms with E-state index in [-0.39, 0.29) is 0 Å². The van der Waals surface area contributed by atoms with Crippen LogP contribution in [0.4, 0.5) is 11.6 Å². The highest BCUT2D eigenvalue weighted by molar-refractivity contribution is 7.99. The molecule has 0 radical (unpaired) electrons. The topological polar surface area (TPSA) is 57.2 Å². The van der Waals surface area contributed by atoms with Gasteiger partial charge < -0.3 is 15.1 Å². The summed E-state index contributed by atoms with van der Waals surface area (Å²) in [5.41, 5.74) is 1.19. The summed E-state index contributed by atoms with van der Waals surface area (Å²) in [5.74, 6) is 6.33. The zero-order valence-corrected chi connectivity index (χ0v) is 17.9. The van der Waals surface area contributed by atoms with E-state index in [1.165, 1.54) is 33.9 Å². The molecule has 1 aliphatic heterocycles. The van der Waals surface area contributed by atoms with Gasteiger partial charge in [-0.15, -0.1) is 11.3 Å². The minimum atomic E-state index is 0.903. The lowest BCUT2D eigenvalue weighted by atomic mass is 10.4. The summed E-state index contributed by atoms with van der Waals surface area (Å²) in [4.78, 5) is 9.18. The molecule has 25 heavy (non-hydrogen) atoms. The third-order valence-electron chi connectivity index (χ3n) is 3.62. The van der Waals surface area contributed by atoms with Crippen LogP contribution < -0.4 is 10.2 Å². The molecule has 1 N–H and O–H groups in total. The predicted octanol–water partition coefficient (Wildman–Crippen LogP) is 2.95. The molecule has 0 spiro atoms. The molecule has 0 atom stereocenters. The van der Waals surface area contributed by atoms with Crippen LogP contribution in [0.1, 0.15) is 10.7 Å². The lowest BCUT2D eigenvalue weighted by molar-refractivity contribution is 0.401. The van der Waals surface area contributed by atoms with E-state index in [1.54, 1.807) is 11.3 Å². The largest absolute Gasteiger partial charge is 0.365 e. The van der Waals surface area contributed by atoms with Gasteiger partial charge in [0.25, 0.3) is 0 Å². The monoisotopic (exact) mass is 416 g/mol. The zero-order chi connectivity index (χ0) is 17.5. The molecule has 1 fully saturated rings. The average Bonchev–Trinajstić information content (AvgIpc) is 3.24. The van der Waals surface area contributed by atoms with Gasteiger partial charge in [-0.2, -0.15) is 32.3 Å². The smallest absolute Gasteiger partial charge is 0.187 e. The molecule has 0 unspecified atom stereocenters.